The molecule has 0 aliphatic carbocycles. The van der Waals surface area contributed by atoms with Crippen LogP contribution in [0.25, 0.3) is 0 Å². The van der Waals surface area contributed by atoms with Crippen molar-refractivity contribution >= 4 is 23.9 Å². The average molecular weight is 358 g/mol. The summed E-state index contributed by atoms with van der Waals surface area (Å²) in [7, 11) is 0. The highest BCUT2D eigenvalue weighted by Gasteiger charge is 2.40. The Bertz CT molecular complexity index is 731. The number of benzene rings is 2. The zero-order chi connectivity index (χ0) is 19.1. The van der Waals surface area contributed by atoms with E-state index < -0.39 is 36.1 Å². The Kier molecular flexibility index (Phi) is 6.05. The highest BCUT2D eigenvalue weighted by atomic mass is 16.6. The van der Waals surface area contributed by atoms with Crippen LogP contribution in [0.1, 0.15) is 20.7 Å². The number of aliphatic carboxylic acids is 2. The number of carboxylic acids is 2. The van der Waals surface area contributed by atoms with Crippen LogP contribution in [0.4, 0.5) is 0 Å². The van der Waals surface area contributed by atoms with Crippen LogP contribution in [0.2, 0.25) is 0 Å². The van der Waals surface area contributed by atoms with Gasteiger partial charge in [0.25, 0.3) is 0 Å². The molecule has 0 aliphatic rings. The summed E-state index contributed by atoms with van der Waals surface area (Å²) in [6, 6.07) is 14.8. The number of carbonyl (C=O) groups is 4. The maximum Gasteiger partial charge on any atom is 0.349 e. The van der Waals surface area contributed by atoms with E-state index in [-0.39, 0.29) is 11.1 Å². The molecule has 2 rings (SSSR count). The van der Waals surface area contributed by atoms with E-state index in [4.69, 9.17) is 9.47 Å². The Balaban J connectivity index is 2.20. The maximum atomic E-state index is 12.0. The Labute approximate surface area is 147 Å². The van der Waals surface area contributed by atoms with Crippen LogP contribution < -0.4 is 0 Å². The van der Waals surface area contributed by atoms with Crippen LogP contribution >= 0.6 is 0 Å². The van der Waals surface area contributed by atoms with E-state index in [1.54, 1.807) is 12.1 Å². The first kappa shape index (κ1) is 18.7. The summed E-state index contributed by atoms with van der Waals surface area (Å²) in [4.78, 5) is 46.8. The van der Waals surface area contributed by atoms with Crippen molar-refractivity contribution in [3.63, 3.8) is 0 Å². The zero-order valence-electron chi connectivity index (χ0n) is 13.3. The van der Waals surface area contributed by atoms with Crippen molar-refractivity contribution in [3.8, 4) is 0 Å². The van der Waals surface area contributed by atoms with Crippen molar-refractivity contribution in [2.24, 2.45) is 0 Å². The van der Waals surface area contributed by atoms with Crippen molar-refractivity contribution in [1.82, 2.24) is 0 Å². The Morgan fingerprint density at radius 3 is 1.19 bits per heavy atom. The quantitative estimate of drug-likeness (QED) is 0.715. The molecule has 0 saturated carbocycles. The van der Waals surface area contributed by atoms with Crippen LogP contribution in [0, 0.1) is 0 Å². The van der Waals surface area contributed by atoms with Crippen LogP contribution in [0.15, 0.2) is 60.7 Å². The second kappa shape index (κ2) is 8.43. The first-order chi connectivity index (χ1) is 12.4. The number of hydrogen-bond acceptors (Lipinski definition) is 6. The predicted molar refractivity (Wildman–Crippen MR) is 86.6 cm³/mol. The van der Waals surface area contributed by atoms with Crippen LogP contribution in [-0.2, 0) is 19.1 Å². The molecule has 0 aliphatic heterocycles. The molecule has 2 aromatic rings. The monoisotopic (exact) mass is 358 g/mol. The van der Waals surface area contributed by atoms with E-state index in [9.17, 15) is 29.4 Å². The summed E-state index contributed by atoms with van der Waals surface area (Å²) in [5, 5.41) is 18.5. The zero-order valence-corrected chi connectivity index (χ0v) is 13.3. The van der Waals surface area contributed by atoms with Gasteiger partial charge >= 0.3 is 23.9 Å². The molecule has 0 radical (unpaired) electrons. The van der Waals surface area contributed by atoms with Crippen molar-refractivity contribution in [2.75, 3.05) is 0 Å². The third-order valence-electron chi connectivity index (χ3n) is 3.25. The second-order valence-electron chi connectivity index (χ2n) is 5.06. The number of esters is 2. The van der Waals surface area contributed by atoms with E-state index in [0.717, 1.165) is 0 Å². The molecule has 0 spiro atoms. The minimum absolute atomic E-state index is 0.0253. The first-order valence-electron chi connectivity index (χ1n) is 7.38. The van der Waals surface area contributed by atoms with Gasteiger partial charge in [-0.1, -0.05) is 36.4 Å². The lowest BCUT2D eigenvalue weighted by molar-refractivity contribution is -0.166. The molecule has 0 heterocycles. The normalized spacial score (nSPS) is 12.5. The lowest BCUT2D eigenvalue weighted by Gasteiger charge is -2.21. The SMILES string of the molecule is O=C(O[C@H](C(=O)O)[C@H](OC(=O)c1ccccc1)C(=O)O)c1ccccc1. The molecule has 0 unspecified atom stereocenters. The third-order valence-corrected chi connectivity index (χ3v) is 3.25. The molecule has 134 valence electrons. The molecule has 0 bridgehead atoms. The summed E-state index contributed by atoms with van der Waals surface area (Å²) < 4.78 is 9.52. The van der Waals surface area contributed by atoms with E-state index >= 15 is 0 Å². The lowest BCUT2D eigenvalue weighted by Crippen LogP contribution is -2.45. The summed E-state index contributed by atoms with van der Waals surface area (Å²) >= 11 is 0. The van der Waals surface area contributed by atoms with E-state index in [1.807, 2.05) is 0 Å². The van der Waals surface area contributed by atoms with Gasteiger partial charge in [0.05, 0.1) is 11.1 Å². The van der Waals surface area contributed by atoms with Crippen LogP contribution in [-0.4, -0.2) is 46.3 Å². The summed E-state index contributed by atoms with van der Waals surface area (Å²) in [6.45, 7) is 0. The number of ether oxygens (including phenoxy) is 2. The standard InChI is InChI=1S/C18H14O8/c19-15(20)13(25-17(23)11-7-3-1-4-8-11)14(16(21)22)26-18(24)12-9-5-2-6-10-12/h1-10,13-14H,(H,19,20)(H,21,22)/t13-,14-/m0/s1. The average Bonchev–Trinajstić information content (AvgIpc) is 2.65. The molecule has 8 heteroatoms. The Morgan fingerprint density at radius 1 is 0.615 bits per heavy atom. The van der Waals surface area contributed by atoms with Gasteiger partial charge < -0.3 is 19.7 Å². The molecule has 2 N–H and O–H groups in total. The van der Waals surface area contributed by atoms with E-state index in [1.165, 1.54) is 48.5 Å². The summed E-state index contributed by atoms with van der Waals surface area (Å²) in [5.41, 5.74) is 0.0505. The third kappa shape index (κ3) is 4.67. The molecule has 0 aromatic heterocycles. The fourth-order valence-corrected chi connectivity index (χ4v) is 2.00. The Morgan fingerprint density at radius 2 is 0.923 bits per heavy atom. The molecule has 2 aromatic carbocycles. The smallest absolute Gasteiger partial charge is 0.349 e. The van der Waals surface area contributed by atoms with Gasteiger partial charge in [-0.05, 0) is 24.3 Å². The molecule has 0 amide bonds. The lowest BCUT2D eigenvalue weighted by atomic mass is 10.1. The van der Waals surface area contributed by atoms with Gasteiger partial charge in [-0.3, -0.25) is 0 Å². The largest absolute Gasteiger partial charge is 0.478 e. The van der Waals surface area contributed by atoms with Crippen LogP contribution in [0.5, 0.6) is 0 Å². The van der Waals surface area contributed by atoms with Crippen molar-refractivity contribution in [3.05, 3.63) is 71.8 Å². The minimum atomic E-state index is -2.21. The van der Waals surface area contributed by atoms with Gasteiger partial charge in [0.15, 0.2) is 0 Å². The number of hydrogen-bond donors (Lipinski definition) is 2. The van der Waals surface area contributed by atoms with Crippen molar-refractivity contribution < 1.29 is 38.9 Å². The van der Waals surface area contributed by atoms with Crippen molar-refractivity contribution in [1.29, 1.82) is 0 Å². The van der Waals surface area contributed by atoms with Crippen molar-refractivity contribution in [2.45, 2.75) is 12.2 Å². The fraction of sp³-hybridized carbons (Fsp3) is 0.111. The second-order valence-corrected chi connectivity index (χ2v) is 5.06. The van der Waals surface area contributed by atoms with Gasteiger partial charge in [-0.2, -0.15) is 0 Å². The molecule has 0 saturated heterocycles. The highest BCUT2D eigenvalue weighted by Crippen LogP contribution is 2.13. The molecular formula is C18H14O8. The topological polar surface area (TPSA) is 127 Å². The van der Waals surface area contributed by atoms with Gasteiger partial charge in [-0.25, -0.2) is 19.2 Å². The van der Waals surface area contributed by atoms with Gasteiger partial charge in [0.1, 0.15) is 0 Å². The predicted octanol–water partition coefficient (Wildman–Crippen LogP) is 1.61. The van der Waals surface area contributed by atoms with Crippen LogP contribution in [0.3, 0.4) is 0 Å². The summed E-state index contributed by atoms with van der Waals surface area (Å²) in [6.07, 6.45) is -4.43. The minimum Gasteiger partial charge on any atom is -0.478 e. The molecule has 0 fully saturated rings. The molecular weight excluding hydrogens is 344 g/mol. The molecule has 2 atom stereocenters. The first-order valence-corrected chi connectivity index (χ1v) is 7.38. The number of carbonyl (C=O) groups excluding carboxylic acids is 2. The van der Waals surface area contributed by atoms with E-state index in [2.05, 4.69) is 0 Å². The fourth-order valence-electron chi connectivity index (χ4n) is 2.00. The van der Waals surface area contributed by atoms with Gasteiger partial charge in [0, 0.05) is 0 Å². The number of rotatable bonds is 7. The number of carboxylic acid groups (broad SMARTS) is 2. The maximum absolute atomic E-state index is 12.0. The Hall–Kier alpha value is -3.68. The summed E-state index contributed by atoms with van der Waals surface area (Å²) in [5.74, 6) is -5.63. The van der Waals surface area contributed by atoms with Gasteiger partial charge in [0.2, 0.25) is 12.2 Å². The molecule has 8 nitrogen and oxygen atoms in total. The van der Waals surface area contributed by atoms with E-state index in [0.29, 0.717) is 0 Å². The highest BCUT2D eigenvalue weighted by molar-refractivity contribution is 5.95. The molecule has 26 heavy (non-hydrogen) atoms. The van der Waals surface area contributed by atoms with Gasteiger partial charge in [-0.15, -0.1) is 0 Å².